The first kappa shape index (κ1) is 27.3. The van der Waals surface area contributed by atoms with Crippen molar-refractivity contribution in [2.24, 2.45) is 0 Å². The van der Waals surface area contributed by atoms with Crippen LogP contribution >= 0.6 is 0 Å². The van der Waals surface area contributed by atoms with E-state index in [0.29, 0.717) is 31.9 Å². The number of piperazine rings is 1. The SMILES string of the molecule is O=C(O)c1ccccc1C(=O)Nc1ccc(S(=O)(=O)N2CCN(C(c3ccccc3)c3ccccc3)CC2)cc1. The molecule has 1 amide bonds. The van der Waals surface area contributed by atoms with Crippen molar-refractivity contribution in [1.82, 2.24) is 9.21 Å². The molecule has 1 aliphatic heterocycles. The van der Waals surface area contributed by atoms with Crippen molar-refractivity contribution < 1.29 is 23.1 Å². The molecule has 0 aromatic heterocycles. The number of nitrogens with zero attached hydrogens (tertiary/aromatic N) is 2. The summed E-state index contributed by atoms with van der Waals surface area (Å²) in [5.41, 5.74) is 2.60. The van der Waals surface area contributed by atoms with Gasteiger partial charge < -0.3 is 10.4 Å². The Kier molecular flexibility index (Phi) is 8.06. The highest BCUT2D eigenvalue weighted by molar-refractivity contribution is 7.89. The minimum absolute atomic E-state index is 0.0221. The van der Waals surface area contributed by atoms with Gasteiger partial charge in [0.05, 0.1) is 22.1 Å². The molecule has 0 unspecified atom stereocenters. The van der Waals surface area contributed by atoms with E-state index in [-0.39, 0.29) is 22.1 Å². The first-order chi connectivity index (χ1) is 19.3. The number of amides is 1. The average molecular weight is 556 g/mol. The van der Waals surface area contributed by atoms with Crippen LogP contribution in [0.25, 0.3) is 0 Å². The standard InChI is InChI=1S/C31H29N3O5S/c35-30(27-13-7-8-14-28(27)31(36)37)32-25-15-17-26(18-16-25)40(38,39)34-21-19-33(20-22-34)29(23-9-3-1-4-10-23)24-11-5-2-6-12-24/h1-18,29H,19-22H2,(H,32,35)(H,36,37). The molecule has 0 aliphatic carbocycles. The number of aromatic carboxylic acids is 1. The van der Waals surface area contributed by atoms with Crippen LogP contribution in [0.1, 0.15) is 37.9 Å². The maximum Gasteiger partial charge on any atom is 0.336 e. The van der Waals surface area contributed by atoms with Crippen LogP contribution in [0.3, 0.4) is 0 Å². The molecular weight excluding hydrogens is 526 g/mol. The molecule has 1 aliphatic rings. The molecule has 204 valence electrons. The largest absolute Gasteiger partial charge is 0.478 e. The Bertz CT molecular complexity index is 1550. The second-order valence-corrected chi connectivity index (χ2v) is 11.4. The van der Waals surface area contributed by atoms with Gasteiger partial charge in [-0.3, -0.25) is 9.69 Å². The summed E-state index contributed by atoms with van der Waals surface area (Å²) in [6, 6.07) is 32.3. The van der Waals surface area contributed by atoms with Gasteiger partial charge in [0.25, 0.3) is 5.91 Å². The predicted octanol–water partition coefficient (Wildman–Crippen LogP) is 4.73. The average Bonchev–Trinajstić information content (AvgIpc) is 2.99. The zero-order valence-corrected chi connectivity index (χ0v) is 22.5. The molecule has 0 radical (unpaired) electrons. The Balaban J connectivity index is 1.27. The molecule has 8 nitrogen and oxygen atoms in total. The molecule has 5 rings (SSSR count). The molecule has 0 bridgehead atoms. The van der Waals surface area contributed by atoms with E-state index in [9.17, 15) is 23.1 Å². The Morgan fingerprint density at radius 2 is 1.18 bits per heavy atom. The zero-order valence-electron chi connectivity index (χ0n) is 21.7. The van der Waals surface area contributed by atoms with Crippen LogP contribution < -0.4 is 5.32 Å². The first-order valence-electron chi connectivity index (χ1n) is 12.9. The fourth-order valence-corrected chi connectivity index (χ4v) is 6.43. The van der Waals surface area contributed by atoms with Crippen molar-refractivity contribution in [2.45, 2.75) is 10.9 Å². The number of nitrogens with one attached hydrogen (secondary N) is 1. The minimum atomic E-state index is -3.74. The summed E-state index contributed by atoms with van der Waals surface area (Å²) >= 11 is 0. The molecule has 4 aromatic carbocycles. The third-order valence-corrected chi connectivity index (χ3v) is 8.93. The highest BCUT2D eigenvalue weighted by Gasteiger charge is 2.32. The van der Waals surface area contributed by atoms with E-state index in [0.717, 1.165) is 11.1 Å². The lowest BCUT2D eigenvalue weighted by molar-refractivity contribution is 0.0692. The number of hydrogen-bond donors (Lipinski definition) is 2. The normalized spacial score (nSPS) is 14.6. The number of rotatable bonds is 8. The van der Waals surface area contributed by atoms with Gasteiger partial charge in [-0.25, -0.2) is 13.2 Å². The summed E-state index contributed by atoms with van der Waals surface area (Å²) in [6.07, 6.45) is 0. The molecule has 0 saturated carbocycles. The Hall–Kier alpha value is -4.31. The lowest BCUT2D eigenvalue weighted by atomic mass is 9.96. The molecule has 2 N–H and O–H groups in total. The summed E-state index contributed by atoms with van der Waals surface area (Å²) in [4.78, 5) is 26.5. The number of anilines is 1. The molecular formula is C31H29N3O5S. The van der Waals surface area contributed by atoms with Gasteiger partial charge in [0.2, 0.25) is 10.0 Å². The van der Waals surface area contributed by atoms with Gasteiger partial charge >= 0.3 is 5.97 Å². The van der Waals surface area contributed by atoms with Crippen molar-refractivity contribution in [2.75, 3.05) is 31.5 Å². The number of benzene rings is 4. The molecule has 40 heavy (non-hydrogen) atoms. The predicted molar refractivity (Wildman–Crippen MR) is 153 cm³/mol. The van der Waals surface area contributed by atoms with Gasteiger partial charge in [-0.1, -0.05) is 72.8 Å². The van der Waals surface area contributed by atoms with Gasteiger partial charge in [-0.2, -0.15) is 4.31 Å². The maximum absolute atomic E-state index is 13.4. The summed E-state index contributed by atoms with van der Waals surface area (Å²) in [6.45, 7) is 1.85. The lowest BCUT2D eigenvalue weighted by Gasteiger charge is -2.39. The second kappa shape index (κ2) is 11.8. The van der Waals surface area contributed by atoms with E-state index >= 15 is 0 Å². The zero-order chi connectivity index (χ0) is 28.1. The van der Waals surface area contributed by atoms with Crippen molar-refractivity contribution in [3.63, 3.8) is 0 Å². The molecule has 9 heteroatoms. The van der Waals surface area contributed by atoms with Crippen LogP contribution in [0.4, 0.5) is 5.69 Å². The molecule has 0 spiro atoms. The number of sulfonamides is 1. The van der Waals surface area contributed by atoms with E-state index in [2.05, 4.69) is 34.5 Å². The third kappa shape index (κ3) is 5.81. The number of hydrogen-bond acceptors (Lipinski definition) is 5. The molecule has 4 aromatic rings. The van der Waals surface area contributed by atoms with E-state index in [1.165, 1.54) is 40.7 Å². The highest BCUT2D eigenvalue weighted by Crippen LogP contribution is 2.30. The van der Waals surface area contributed by atoms with E-state index in [1.54, 1.807) is 12.1 Å². The number of carboxylic acid groups (broad SMARTS) is 1. The van der Waals surface area contributed by atoms with Gasteiger partial charge in [-0.05, 0) is 47.5 Å². The molecule has 0 atom stereocenters. The van der Waals surface area contributed by atoms with E-state index in [4.69, 9.17) is 0 Å². The van der Waals surface area contributed by atoms with Crippen molar-refractivity contribution in [3.05, 3.63) is 131 Å². The quantitative estimate of drug-likeness (QED) is 0.326. The minimum Gasteiger partial charge on any atom is -0.478 e. The summed E-state index contributed by atoms with van der Waals surface area (Å²) in [5.74, 6) is -1.79. The van der Waals surface area contributed by atoms with Crippen molar-refractivity contribution in [1.29, 1.82) is 0 Å². The smallest absolute Gasteiger partial charge is 0.336 e. The monoisotopic (exact) mass is 555 g/mol. The second-order valence-electron chi connectivity index (χ2n) is 9.49. The molecule has 1 saturated heterocycles. The van der Waals surface area contributed by atoms with Crippen LogP contribution in [0.5, 0.6) is 0 Å². The third-order valence-electron chi connectivity index (χ3n) is 7.02. The van der Waals surface area contributed by atoms with E-state index in [1.807, 2.05) is 36.4 Å². The van der Waals surface area contributed by atoms with Gasteiger partial charge in [-0.15, -0.1) is 0 Å². The summed E-state index contributed by atoms with van der Waals surface area (Å²) in [5, 5.41) is 12.0. The van der Waals surface area contributed by atoms with Crippen LogP contribution in [-0.4, -0.2) is 60.8 Å². The van der Waals surface area contributed by atoms with Crippen LogP contribution in [0, 0.1) is 0 Å². The summed E-state index contributed by atoms with van der Waals surface area (Å²) < 4.78 is 28.4. The van der Waals surface area contributed by atoms with Gasteiger partial charge in [0.15, 0.2) is 0 Å². The summed E-state index contributed by atoms with van der Waals surface area (Å²) in [7, 11) is -3.74. The Morgan fingerprint density at radius 1 is 0.675 bits per heavy atom. The maximum atomic E-state index is 13.4. The number of carbonyl (C=O) groups is 2. The van der Waals surface area contributed by atoms with Crippen LogP contribution in [-0.2, 0) is 10.0 Å². The highest BCUT2D eigenvalue weighted by atomic mass is 32.2. The van der Waals surface area contributed by atoms with Gasteiger partial charge in [0.1, 0.15) is 0 Å². The fourth-order valence-electron chi connectivity index (χ4n) is 5.01. The Morgan fingerprint density at radius 3 is 1.70 bits per heavy atom. The van der Waals surface area contributed by atoms with Crippen molar-refractivity contribution >= 4 is 27.6 Å². The van der Waals surface area contributed by atoms with Crippen LogP contribution in [0.15, 0.2) is 114 Å². The number of carbonyl (C=O) groups excluding carboxylic acids is 1. The Labute approximate surface area is 233 Å². The lowest BCUT2D eigenvalue weighted by Crippen LogP contribution is -2.49. The topological polar surface area (TPSA) is 107 Å². The van der Waals surface area contributed by atoms with Crippen LogP contribution in [0.2, 0.25) is 0 Å². The van der Waals surface area contributed by atoms with E-state index < -0.39 is 21.9 Å². The number of carboxylic acids is 1. The van der Waals surface area contributed by atoms with Crippen molar-refractivity contribution in [3.8, 4) is 0 Å². The molecule has 1 fully saturated rings. The fraction of sp³-hybridized carbons (Fsp3) is 0.161. The first-order valence-corrected chi connectivity index (χ1v) is 14.4. The van der Waals surface area contributed by atoms with Gasteiger partial charge in [0, 0.05) is 31.9 Å². The molecule has 1 heterocycles.